The third-order valence-electron chi connectivity index (χ3n) is 11.1. The van der Waals surface area contributed by atoms with Crippen LogP contribution in [0.5, 0.6) is 0 Å². The lowest BCUT2D eigenvalue weighted by molar-refractivity contribution is -0.437. The molecule has 0 spiro atoms. The van der Waals surface area contributed by atoms with Crippen molar-refractivity contribution >= 4 is 81.2 Å². The third-order valence-corrected chi connectivity index (χ3v) is 14.1. The number of rotatable bonds is 24. The van der Waals surface area contributed by atoms with Gasteiger partial charge in [-0.05, 0) is 57.0 Å². The van der Waals surface area contributed by atoms with Gasteiger partial charge in [-0.2, -0.15) is 38.2 Å². The molecule has 8 N–H and O–H groups in total. The van der Waals surface area contributed by atoms with Crippen molar-refractivity contribution in [2.45, 2.75) is 64.2 Å². The van der Waals surface area contributed by atoms with Gasteiger partial charge in [0.15, 0.2) is 5.71 Å². The Kier molecular flexibility index (Phi) is 17.8. The number of carboxylic acid groups (broad SMARTS) is 1. The van der Waals surface area contributed by atoms with Crippen molar-refractivity contribution in [2.75, 3.05) is 60.6 Å². The molecule has 26 heteroatoms. The van der Waals surface area contributed by atoms with E-state index in [1.54, 1.807) is 67.3 Å². The Balaban J connectivity index is 1.78. The van der Waals surface area contributed by atoms with Crippen LogP contribution in [0.25, 0.3) is 0 Å². The SMILES string of the molecule is CC1(C)C(/C=C/C=C/C=C2/N(CCCS(=O)(=O)O)c3cc(C(=O)NCCS(=O)(=O)O)cc(C(=O)NCCS(=O)(=O)O)c3C2(C)C)=[N+](CCCS(=O)(=O)O)c2ccc(C(=O)NCCCC(=O)O)cc21. The molecule has 0 bridgehead atoms. The topological polar surface area (TPSA) is 348 Å². The van der Waals surface area contributed by atoms with Gasteiger partial charge in [-0.25, -0.2) is 0 Å². The van der Waals surface area contributed by atoms with Crippen LogP contribution in [0.15, 0.2) is 66.4 Å². The average molecular weight is 1030 g/mol. The van der Waals surface area contributed by atoms with Crippen molar-refractivity contribution in [2.24, 2.45) is 0 Å². The van der Waals surface area contributed by atoms with E-state index in [2.05, 4.69) is 16.0 Å². The van der Waals surface area contributed by atoms with Crippen LogP contribution in [-0.2, 0) is 56.1 Å². The van der Waals surface area contributed by atoms with E-state index in [1.807, 2.05) is 18.4 Å². The summed E-state index contributed by atoms with van der Waals surface area (Å²) in [6.07, 6.45) is 8.40. The summed E-state index contributed by atoms with van der Waals surface area (Å²) >= 11 is 0. The second-order valence-electron chi connectivity index (χ2n) is 17.0. The molecule has 0 aromatic heterocycles. The highest BCUT2D eigenvalue weighted by atomic mass is 32.2. The van der Waals surface area contributed by atoms with E-state index in [0.717, 1.165) is 5.56 Å². The lowest BCUT2D eigenvalue weighted by Gasteiger charge is -2.27. The van der Waals surface area contributed by atoms with Crippen LogP contribution in [0.1, 0.15) is 95.6 Å². The molecule has 0 atom stereocenters. The molecule has 0 saturated heterocycles. The fourth-order valence-corrected chi connectivity index (χ4v) is 9.70. The van der Waals surface area contributed by atoms with E-state index in [4.69, 9.17) is 9.66 Å². The number of amides is 3. The van der Waals surface area contributed by atoms with Gasteiger partial charge in [0.1, 0.15) is 6.54 Å². The van der Waals surface area contributed by atoms with E-state index < -0.39 is 111 Å². The van der Waals surface area contributed by atoms with Crippen LogP contribution in [0.4, 0.5) is 11.4 Å². The van der Waals surface area contributed by atoms with Crippen LogP contribution < -0.4 is 20.9 Å². The van der Waals surface area contributed by atoms with Gasteiger partial charge in [0.05, 0.1) is 28.4 Å². The van der Waals surface area contributed by atoms with E-state index in [9.17, 15) is 66.5 Å². The number of carboxylic acids is 1. The maximum Gasteiger partial charge on any atom is 0.303 e. The molecule has 68 heavy (non-hydrogen) atoms. The zero-order valence-electron chi connectivity index (χ0n) is 37.6. The number of fused-ring (bicyclic) bond motifs is 2. The molecule has 0 saturated carbocycles. The summed E-state index contributed by atoms with van der Waals surface area (Å²) in [4.78, 5) is 52.8. The lowest BCUT2D eigenvalue weighted by atomic mass is 9.80. The highest BCUT2D eigenvalue weighted by Crippen LogP contribution is 2.50. The normalized spacial score (nSPS) is 16.4. The predicted molar refractivity (Wildman–Crippen MR) is 251 cm³/mol. The molecule has 2 aliphatic heterocycles. The molecule has 2 aromatic rings. The van der Waals surface area contributed by atoms with Crippen LogP contribution in [-0.4, -0.2) is 147 Å². The summed E-state index contributed by atoms with van der Waals surface area (Å²) in [5, 5.41) is 16.4. The number of hydrogen-bond acceptors (Lipinski definition) is 13. The molecule has 0 aliphatic carbocycles. The minimum atomic E-state index is -4.50. The summed E-state index contributed by atoms with van der Waals surface area (Å²) in [7, 11) is -17.7. The molecule has 0 unspecified atom stereocenters. The molecule has 22 nitrogen and oxygen atoms in total. The predicted octanol–water partition coefficient (Wildman–Crippen LogP) is 2.24. The number of aliphatic carboxylic acids is 1. The number of anilines is 1. The number of carbonyl (C=O) groups is 4. The minimum Gasteiger partial charge on any atom is -0.481 e. The number of hydrogen-bond donors (Lipinski definition) is 8. The number of carbonyl (C=O) groups excluding carboxylic acids is 3. The van der Waals surface area contributed by atoms with Gasteiger partial charge in [-0.15, -0.1) is 0 Å². The molecule has 4 rings (SSSR count). The smallest absolute Gasteiger partial charge is 0.303 e. The Hall–Kier alpha value is -5.35. The van der Waals surface area contributed by atoms with Gasteiger partial charge in [-0.1, -0.05) is 32.1 Å². The molecular weight excluding hydrogens is 975 g/mol. The van der Waals surface area contributed by atoms with Crippen LogP contribution in [0.3, 0.4) is 0 Å². The van der Waals surface area contributed by atoms with Crippen molar-refractivity contribution in [3.8, 4) is 0 Å². The standard InChI is InChI=1S/C42H55N5O17S4/c1-41(2)31-26-28(38(50)43-16-8-13-36(48)49)14-15-32(31)46(19-9-21-65(53,54)55)34(41)11-6-5-7-12-35-42(3,4)37-30(40(52)45-18-24-68(62,63)64)25-29(39(51)44-17-23-67(59,60)61)27-33(37)47(35)20-10-22-66(56,57)58/h5-7,11-12,14-15,25-27H,8-10,13,16-24H2,1-4H3,(H7-,43,44,45,48,49,50,51,52,53,54,55,56,57,58,59,60,61,62,63,64)/p+1. The first-order chi connectivity index (χ1) is 31.3. The van der Waals surface area contributed by atoms with Crippen molar-refractivity contribution in [1.29, 1.82) is 0 Å². The molecule has 2 aliphatic rings. The first kappa shape index (κ1) is 55.2. The van der Waals surface area contributed by atoms with E-state index >= 15 is 0 Å². The summed E-state index contributed by atoms with van der Waals surface area (Å²) in [5.74, 6) is -5.99. The van der Waals surface area contributed by atoms with E-state index in [0.29, 0.717) is 28.2 Å². The summed E-state index contributed by atoms with van der Waals surface area (Å²) in [6, 6.07) is 7.59. The number of benzene rings is 2. The second-order valence-corrected chi connectivity index (χ2v) is 23.3. The van der Waals surface area contributed by atoms with E-state index in [-0.39, 0.29) is 62.1 Å². The molecule has 2 heterocycles. The molecule has 0 fully saturated rings. The Labute approximate surface area is 395 Å². The number of allylic oxidation sites excluding steroid dienone is 6. The summed E-state index contributed by atoms with van der Waals surface area (Å²) in [6.45, 7) is 6.42. The second kappa shape index (κ2) is 21.9. The zero-order valence-corrected chi connectivity index (χ0v) is 40.9. The van der Waals surface area contributed by atoms with Crippen molar-refractivity contribution in [3.05, 3.63) is 94.2 Å². The average Bonchev–Trinajstić information content (AvgIpc) is 3.54. The van der Waals surface area contributed by atoms with E-state index in [1.165, 1.54) is 12.1 Å². The maximum atomic E-state index is 13.8. The molecule has 374 valence electrons. The van der Waals surface area contributed by atoms with Gasteiger partial charge < -0.3 is 26.0 Å². The number of nitrogens with zero attached hydrogens (tertiary/aromatic N) is 2. The fourth-order valence-electron chi connectivity index (χ4n) is 7.99. The molecule has 3 amide bonds. The van der Waals surface area contributed by atoms with Gasteiger partial charge in [-0.3, -0.25) is 37.4 Å². The van der Waals surface area contributed by atoms with Crippen LogP contribution in [0.2, 0.25) is 0 Å². The van der Waals surface area contributed by atoms with Gasteiger partial charge in [0, 0.05) is 95.8 Å². The molecular formula is C42H56N5O17S4+. The number of nitrogens with one attached hydrogen (secondary N) is 3. The van der Waals surface area contributed by atoms with Crippen LogP contribution in [0, 0.1) is 0 Å². The first-order valence-electron chi connectivity index (χ1n) is 21.0. The quantitative estimate of drug-likeness (QED) is 0.0323. The van der Waals surface area contributed by atoms with Gasteiger partial charge >= 0.3 is 5.97 Å². The Morgan fingerprint density at radius 2 is 1.21 bits per heavy atom. The monoisotopic (exact) mass is 1030 g/mol. The fraction of sp³-hybridized carbons (Fsp3) is 0.452. The Morgan fingerprint density at radius 1 is 0.647 bits per heavy atom. The summed E-state index contributed by atoms with van der Waals surface area (Å²) in [5.41, 5.74) is 1.22. The molecule has 2 aromatic carbocycles. The Bertz CT molecular complexity index is 2900. The van der Waals surface area contributed by atoms with Crippen molar-refractivity contribution in [3.63, 3.8) is 0 Å². The molecule has 0 radical (unpaired) electrons. The van der Waals surface area contributed by atoms with Gasteiger partial charge in [0.25, 0.3) is 58.2 Å². The summed E-state index contributed by atoms with van der Waals surface area (Å²) < 4.78 is 132. The maximum absolute atomic E-state index is 13.8. The van der Waals surface area contributed by atoms with Crippen LogP contribution >= 0.6 is 0 Å². The van der Waals surface area contributed by atoms with Gasteiger partial charge in [0.2, 0.25) is 5.69 Å². The lowest BCUT2D eigenvalue weighted by Crippen LogP contribution is -2.32. The first-order valence-corrected chi connectivity index (χ1v) is 27.4. The Morgan fingerprint density at radius 3 is 1.79 bits per heavy atom. The van der Waals surface area contributed by atoms with Crippen molar-refractivity contribution in [1.82, 2.24) is 16.0 Å². The zero-order chi connectivity index (χ0) is 51.0. The largest absolute Gasteiger partial charge is 0.481 e. The highest BCUT2D eigenvalue weighted by Gasteiger charge is 2.45. The highest BCUT2D eigenvalue weighted by molar-refractivity contribution is 7.86. The third kappa shape index (κ3) is 15.3. The van der Waals surface area contributed by atoms with Crippen molar-refractivity contribution < 1.29 is 80.7 Å². The minimum absolute atomic E-state index is 0.0387.